The third-order valence-corrected chi connectivity index (χ3v) is 12.3. The fourth-order valence-electron chi connectivity index (χ4n) is 8.43. The molecule has 0 aliphatic rings. The summed E-state index contributed by atoms with van der Waals surface area (Å²) in [4.78, 5) is 2.50. The van der Waals surface area contributed by atoms with Crippen LogP contribution in [-0.2, 0) is 0 Å². The smallest absolute Gasteiger partial charge is 0.137 e. The standard InChI is InChI=1S/C54H35NOS/c1-5-16-36(17-6-1)40-29-32-46(45(34-40)39-22-11-4-12-23-39)55(47-25-15-26-49-52(47)43-30-28-41(35-50(43)56-49)37-18-7-2-8-19-37)48-33-31-42(38-20-9-3-10-21-38)54-53(48)44-24-13-14-27-51(44)57-54/h1-35H. The van der Waals surface area contributed by atoms with Gasteiger partial charge in [-0.05, 0) is 87.5 Å². The van der Waals surface area contributed by atoms with Gasteiger partial charge in [-0.25, -0.2) is 0 Å². The van der Waals surface area contributed by atoms with Gasteiger partial charge in [-0.3, -0.25) is 0 Å². The van der Waals surface area contributed by atoms with Crippen molar-refractivity contribution in [3.05, 3.63) is 212 Å². The number of rotatable bonds is 7. The first-order valence-electron chi connectivity index (χ1n) is 19.3. The molecule has 0 spiro atoms. The summed E-state index contributed by atoms with van der Waals surface area (Å²) in [6.45, 7) is 0. The predicted octanol–water partition coefficient (Wildman–Crippen LogP) is 16.1. The molecule has 3 heteroatoms. The number of nitrogens with zero attached hydrogens (tertiary/aromatic N) is 1. The highest BCUT2D eigenvalue weighted by Gasteiger charge is 2.26. The highest BCUT2D eigenvalue weighted by Crippen LogP contribution is 2.52. The van der Waals surface area contributed by atoms with Gasteiger partial charge in [0.1, 0.15) is 11.2 Å². The molecule has 0 amide bonds. The normalized spacial score (nSPS) is 11.5. The van der Waals surface area contributed by atoms with Crippen LogP contribution in [0.1, 0.15) is 0 Å². The van der Waals surface area contributed by atoms with E-state index in [4.69, 9.17) is 4.42 Å². The molecule has 57 heavy (non-hydrogen) atoms. The molecule has 0 bridgehead atoms. The summed E-state index contributed by atoms with van der Waals surface area (Å²) in [6.07, 6.45) is 0. The van der Waals surface area contributed by atoms with Gasteiger partial charge in [0, 0.05) is 31.1 Å². The minimum atomic E-state index is 0.854. The number of fused-ring (bicyclic) bond motifs is 6. The fourth-order valence-corrected chi connectivity index (χ4v) is 9.68. The van der Waals surface area contributed by atoms with Crippen molar-refractivity contribution in [2.75, 3.05) is 4.90 Å². The van der Waals surface area contributed by atoms with Crippen LogP contribution in [0.2, 0.25) is 0 Å². The minimum absolute atomic E-state index is 0.854. The van der Waals surface area contributed by atoms with Crippen molar-refractivity contribution < 1.29 is 4.42 Å². The lowest BCUT2D eigenvalue weighted by molar-refractivity contribution is 0.669. The molecule has 0 saturated heterocycles. The Morgan fingerprint density at radius 2 is 0.895 bits per heavy atom. The first kappa shape index (κ1) is 33.2. The lowest BCUT2D eigenvalue weighted by Gasteiger charge is -2.30. The Morgan fingerprint density at radius 3 is 1.60 bits per heavy atom. The molecule has 11 aromatic rings. The summed E-state index contributed by atoms with van der Waals surface area (Å²) in [5, 5.41) is 4.64. The Morgan fingerprint density at radius 1 is 0.333 bits per heavy atom. The average molecular weight is 746 g/mol. The fraction of sp³-hybridized carbons (Fsp3) is 0. The van der Waals surface area contributed by atoms with Crippen LogP contribution in [0.25, 0.3) is 86.6 Å². The first-order valence-corrected chi connectivity index (χ1v) is 20.2. The van der Waals surface area contributed by atoms with Crippen LogP contribution in [0.4, 0.5) is 17.1 Å². The van der Waals surface area contributed by atoms with Crippen LogP contribution in [0.5, 0.6) is 0 Å². The van der Waals surface area contributed by atoms with E-state index in [9.17, 15) is 0 Å². The van der Waals surface area contributed by atoms with E-state index in [0.29, 0.717) is 0 Å². The van der Waals surface area contributed by atoms with Gasteiger partial charge in [-0.15, -0.1) is 11.3 Å². The van der Waals surface area contributed by atoms with E-state index in [0.717, 1.165) is 61.3 Å². The maximum Gasteiger partial charge on any atom is 0.137 e. The van der Waals surface area contributed by atoms with E-state index in [1.165, 1.54) is 42.4 Å². The van der Waals surface area contributed by atoms with Gasteiger partial charge in [0.05, 0.1) is 22.4 Å². The molecule has 268 valence electrons. The van der Waals surface area contributed by atoms with Gasteiger partial charge in [-0.2, -0.15) is 0 Å². The number of hydrogen-bond donors (Lipinski definition) is 0. The molecule has 0 atom stereocenters. The molecule has 2 aromatic heterocycles. The zero-order valence-corrected chi connectivity index (χ0v) is 31.8. The van der Waals surface area contributed by atoms with E-state index in [2.05, 4.69) is 217 Å². The number of hydrogen-bond acceptors (Lipinski definition) is 3. The molecular formula is C54H35NOS. The van der Waals surface area contributed by atoms with E-state index in [1.54, 1.807) is 0 Å². The van der Waals surface area contributed by atoms with Gasteiger partial charge >= 0.3 is 0 Å². The summed E-state index contributed by atoms with van der Waals surface area (Å²) in [5.74, 6) is 0. The second-order valence-corrected chi connectivity index (χ2v) is 15.5. The number of benzene rings is 9. The molecular weight excluding hydrogens is 711 g/mol. The molecule has 0 N–H and O–H groups in total. The van der Waals surface area contributed by atoms with Gasteiger partial charge < -0.3 is 9.32 Å². The van der Waals surface area contributed by atoms with Crippen molar-refractivity contribution in [1.29, 1.82) is 0 Å². The molecule has 0 unspecified atom stereocenters. The van der Waals surface area contributed by atoms with Crippen LogP contribution in [0.15, 0.2) is 217 Å². The number of thiophene rings is 1. The average Bonchev–Trinajstić information content (AvgIpc) is 3.87. The van der Waals surface area contributed by atoms with Crippen molar-refractivity contribution >= 4 is 70.5 Å². The Kier molecular flexibility index (Phi) is 8.04. The Labute approximate surface area is 335 Å². The molecule has 2 nitrogen and oxygen atoms in total. The van der Waals surface area contributed by atoms with Crippen LogP contribution in [0.3, 0.4) is 0 Å². The third-order valence-electron chi connectivity index (χ3n) is 11.1. The van der Waals surface area contributed by atoms with E-state index in [-0.39, 0.29) is 0 Å². The summed E-state index contributed by atoms with van der Waals surface area (Å²) in [5.41, 5.74) is 14.4. The number of anilines is 3. The molecule has 9 aromatic carbocycles. The second kappa shape index (κ2) is 13.8. The van der Waals surface area contributed by atoms with Crippen molar-refractivity contribution in [3.63, 3.8) is 0 Å². The van der Waals surface area contributed by atoms with Gasteiger partial charge in [0.2, 0.25) is 0 Å². The van der Waals surface area contributed by atoms with Crippen molar-refractivity contribution in [3.8, 4) is 44.5 Å². The van der Waals surface area contributed by atoms with Crippen LogP contribution in [-0.4, -0.2) is 0 Å². The van der Waals surface area contributed by atoms with Gasteiger partial charge in [0.15, 0.2) is 0 Å². The van der Waals surface area contributed by atoms with E-state index in [1.807, 2.05) is 11.3 Å². The zero-order chi connectivity index (χ0) is 37.7. The Hall–Kier alpha value is -7.20. The van der Waals surface area contributed by atoms with Crippen LogP contribution < -0.4 is 4.90 Å². The summed E-state index contributed by atoms with van der Waals surface area (Å²) in [7, 11) is 0. The molecule has 2 heterocycles. The quantitative estimate of drug-likeness (QED) is 0.162. The van der Waals surface area contributed by atoms with Gasteiger partial charge in [-0.1, -0.05) is 164 Å². The Balaban J connectivity index is 1.24. The maximum atomic E-state index is 6.76. The summed E-state index contributed by atoms with van der Waals surface area (Å²) in [6, 6.07) is 76.3. The second-order valence-electron chi connectivity index (χ2n) is 14.4. The molecule has 0 fully saturated rings. The minimum Gasteiger partial charge on any atom is -0.456 e. The highest BCUT2D eigenvalue weighted by atomic mass is 32.1. The lowest BCUT2D eigenvalue weighted by atomic mass is 9.95. The third kappa shape index (κ3) is 5.71. The SMILES string of the molecule is c1ccc(-c2ccc(N(c3cccc4oc5cc(-c6ccccc6)ccc5c34)c3ccc(-c4ccccc4)c4sc5ccccc5c34)c(-c3ccccc3)c2)cc1. The lowest BCUT2D eigenvalue weighted by Crippen LogP contribution is -2.12. The largest absolute Gasteiger partial charge is 0.456 e. The van der Waals surface area contributed by atoms with Crippen molar-refractivity contribution in [2.24, 2.45) is 0 Å². The van der Waals surface area contributed by atoms with E-state index >= 15 is 0 Å². The van der Waals surface area contributed by atoms with Gasteiger partial charge in [0.25, 0.3) is 0 Å². The van der Waals surface area contributed by atoms with Crippen LogP contribution in [0, 0.1) is 0 Å². The Bertz CT molecular complexity index is 3220. The molecule has 0 aliphatic heterocycles. The first-order chi connectivity index (χ1) is 28.3. The summed E-state index contributed by atoms with van der Waals surface area (Å²) >= 11 is 1.87. The molecule has 0 saturated carbocycles. The monoisotopic (exact) mass is 745 g/mol. The maximum absolute atomic E-state index is 6.76. The highest BCUT2D eigenvalue weighted by molar-refractivity contribution is 7.26. The van der Waals surface area contributed by atoms with Crippen LogP contribution >= 0.6 is 11.3 Å². The molecule has 0 aliphatic carbocycles. The molecule has 0 radical (unpaired) electrons. The topological polar surface area (TPSA) is 16.4 Å². The predicted molar refractivity (Wildman–Crippen MR) is 243 cm³/mol. The van der Waals surface area contributed by atoms with Crippen molar-refractivity contribution in [2.45, 2.75) is 0 Å². The van der Waals surface area contributed by atoms with E-state index < -0.39 is 0 Å². The zero-order valence-electron chi connectivity index (χ0n) is 31.0. The summed E-state index contributed by atoms with van der Waals surface area (Å²) < 4.78 is 9.30. The number of furan rings is 1. The van der Waals surface area contributed by atoms with Crippen molar-refractivity contribution in [1.82, 2.24) is 0 Å². The molecule has 11 rings (SSSR count).